The van der Waals surface area contributed by atoms with Gasteiger partial charge in [-0.15, -0.1) is 11.8 Å². The number of rotatable bonds is 2. The summed E-state index contributed by atoms with van der Waals surface area (Å²) in [4.78, 5) is 38.2. The van der Waals surface area contributed by atoms with E-state index in [-0.39, 0.29) is 41.7 Å². The summed E-state index contributed by atoms with van der Waals surface area (Å²) in [6.07, 6.45) is 7.17. The Morgan fingerprint density at radius 3 is 2.52 bits per heavy atom. The molecular weight excluding hydrogens is 336 g/mol. The summed E-state index contributed by atoms with van der Waals surface area (Å²) in [7, 11) is 0. The molecule has 0 saturated heterocycles. The molecule has 1 N–H and O–H groups in total. The van der Waals surface area contributed by atoms with Crippen molar-refractivity contribution in [3.63, 3.8) is 0 Å². The Bertz CT molecular complexity index is 646. The molecule has 6 unspecified atom stereocenters. The Labute approximate surface area is 153 Å². The van der Waals surface area contributed by atoms with Crippen LogP contribution in [0.4, 0.5) is 0 Å². The van der Waals surface area contributed by atoms with Gasteiger partial charge in [-0.1, -0.05) is 6.92 Å². The van der Waals surface area contributed by atoms with Crippen LogP contribution in [0.3, 0.4) is 0 Å². The van der Waals surface area contributed by atoms with Crippen molar-refractivity contribution in [1.82, 2.24) is 0 Å². The molecule has 25 heavy (non-hydrogen) atoms. The van der Waals surface area contributed by atoms with Crippen molar-refractivity contribution in [3.8, 4) is 0 Å². The van der Waals surface area contributed by atoms with Gasteiger partial charge in [0, 0.05) is 36.5 Å². The van der Waals surface area contributed by atoms with Crippen molar-refractivity contribution >= 4 is 29.1 Å². The number of fused-ring (bicyclic) bond motifs is 5. The minimum atomic E-state index is -0.625. The first-order valence-corrected chi connectivity index (χ1v) is 10.8. The molecule has 0 amide bonds. The van der Waals surface area contributed by atoms with Crippen molar-refractivity contribution in [2.75, 3.05) is 12.9 Å². The van der Waals surface area contributed by atoms with E-state index < -0.39 is 15.6 Å². The number of hydrogen-bond acceptors (Lipinski definition) is 5. The fourth-order valence-electron chi connectivity index (χ4n) is 7.16. The first-order valence-electron chi connectivity index (χ1n) is 9.60. The molecule has 4 nitrogen and oxygen atoms in total. The highest BCUT2D eigenvalue weighted by Crippen LogP contribution is 2.69. The van der Waals surface area contributed by atoms with Crippen molar-refractivity contribution in [3.05, 3.63) is 0 Å². The molecule has 4 fully saturated rings. The molecule has 0 aromatic heterocycles. The number of thioether (sulfide) groups is 1. The van der Waals surface area contributed by atoms with Gasteiger partial charge in [0.2, 0.25) is 0 Å². The smallest absolute Gasteiger partial charge is 0.150 e. The minimum Gasteiger partial charge on any atom is -0.396 e. The van der Waals surface area contributed by atoms with Crippen molar-refractivity contribution in [2.24, 2.45) is 28.6 Å². The molecule has 0 spiro atoms. The molecule has 0 aromatic carbocycles. The standard InChI is InChI=1S/C20H28O4S/c1-18-10-17(24)20(25-2)15(14(18)5-6-16(18)23)4-3-12-9-13(22)7-8-19(12,20)11-21/h12,14-15,21H,3-11H2,1-2H3. The van der Waals surface area contributed by atoms with Crippen LogP contribution in [-0.4, -0.2) is 40.1 Å². The van der Waals surface area contributed by atoms with Gasteiger partial charge < -0.3 is 5.11 Å². The highest BCUT2D eigenvalue weighted by atomic mass is 32.2. The summed E-state index contributed by atoms with van der Waals surface area (Å²) in [6.45, 7) is 1.97. The van der Waals surface area contributed by atoms with Gasteiger partial charge in [0.25, 0.3) is 0 Å². The maximum absolute atomic E-state index is 13.6. The van der Waals surface area contributed by atoms with E-state index in [2.05, 4.69) is 0 Å². The lowest BCUT2D eigenvalue weighted by molar-refractivity contribution is -0.161. The molecule has 138 valence electrons. The molecule has 0 bridgehead atoms. The largest absolute Gasteiger partial charge is 0.396 e. The van der Waals surface area contributed by atoms with Gasteiger partial charge >= 0.3 is 0 Å². The molecule has 4 aliphatic rings. The summed E-state index contributed by atoms with van der Waals surface area (Å²) in [5.74, 6) is 1.18. The Morgan fingerprint density at radius 2 is 1.84 bits per heavy atom. The van der Waals surface area contributed by atoms with Crippen LogP contribution in [0.15, 0.2) is 0 Å². The molecule has 6 atom stereocenters. The Kier molecular flexibility index (Phi) is 4.01. The third-order valence-electron chi connectivity index (χ3n) is 8.36. The molecule has 0 aliphatic heterocycles. The summed E-state index contributed by atoms with van der Waals surface area (Å²) >= 11 is 1.61. The molecule has 4 aliphatic carbocycles. The van der Waals surface area contributed by atoms with E-state index in [0.29, 0.717) is 32.1 Å². The van der Waals surface area contributed by atoms with Gasteiger partial charge in [-0.05, 0) is 49.7 Å². The molecular formula is C20H28O4S. The number of aliphatic hydroxyl groups excluding tert-OH is 1. The Morgan fingerprint density at radius 1 is 1.08 bits per heavy atom. The normalized spacial score (nSPS) is 49.6. The average molecular weight is 365 g/mol. The van der Waals surface area contributed by atoms with E-state index in [1.54, 1.807) is 11.8 Å². The van der Waals surface area contributed by atoms with Gasteiger partial charge in [0.15, 0.2) is 5.78 Å². The maximum atomic E-state index is 13.6. The molecule has 0 heterocycles. The Balaban J connectivity index is 1.86. The SMILES string of the molecule is CSC12C(=O)CC3(C)C(=O)CCC3C1CCC1CC(=O)CCC12CO. The highest BCUT2D eigenvalue weighted by molar-refractivity contribution is 8.00. The van der Waals surface area contributed by atoms with Crippen molar-refractivity contribution in [1.29, 1.82) is 0 Å². The van der Waals surface area contributed by atoms with Crippen LogP contribution in [0.25, 0.3) is 0 Å². The van der Waals surface area contributed by atoms with Crippen LogP contribution in [0.2, 0.25) is 0 Å². The van der Waals surface area contributed by atoms with Crippen LogP contribution in [0.1, 0.15) is 58.3 Å². The lowest BCUT2D eigenvalue weighted by Gasteiger charge is -2.65. The molecule has 0 aromatic rings. The van der Waals surface area contributed by atoms with E-state index >= 15 is 0 Å². The average Bonchev–Trinajstić information content (AvgIpc) is 2.88. The van der Waals surface area contributed by atoms with Crippen LogP contribution >= 0.6 is 11.8 Å². The number of carbonyl (C=O) groups excluding carboxylic acids is 3. The molecule has 4 saturated carbocycles. The Hall–Kier alpha value is -0.680. The fourth-order valence-corrected chi connectivity index (χ4v) is 8.78. The number of Topliss-reactive ketones (excluding diaryl/α,β-unsaturated/α-hetero) is 3. The van der Waals surface area contributed by atoms with Gasteiger partial charge in [-0.3, -0.25) is 14.4 Å². The zero-order valence-electron chi connectivity index (χ0n) is 15.2. The predicted octanol–water partition coefficient (Wildman–Crippen LogP) is 2.80. The van der Waals surface area contributed by atoms with Gasteiger partial charge in [0.1, 0.15) is 11.6 Å². The number of ketones is 3. The first-order chi connectivity index (χ1) is 11.9. The number of carbonyl (C=O) groups is 3. The molecule has 0 radical (unpaired) electrons. The summed E-state index contributed by atoms with van der Waals surface area (Å²) in [5, 5.41) is 10.5. The quantitative estimate of drug-likeness (QED) is 0.816. The van der Waals surface area contributed by atoms with E-state index in [1.165, 1.54) is 0 Å². The zero-order chi connectivity index (χ0) is 18.0. The highest BCUT2D eigenvalue weighted by Gasteiger charge is 2.72. The van der Waals surface area contributed by atoms with E-state index in [9.17, 15) is 19.5 Å². The van der Waals surface area contributed by atoms with Crippen molar-refractivity contribution in [2.45, 2.75) is 63.0 Å². The monoisotopic (exact) mass is 364 g/mol. The lowest BCUT2D eigenvalue weighted by atomic mass is 9.44. The van der Waals surface area contributed by atoms with Crippen LogP contribution in [0, 0.1) is 28.6 Å². The maximum Gasteiger partial charge on any atom is 0.150 e. The fraction of sp³-hybridized carbons (Fsp3) is 0.850. The first kappa shape index (κ1) is 17.7. The molecule has 4 rings (SSSR count). The van der Waals surface area contributed by atoms with Crippen LogP contribution < -0.4 is 0 Å². The topological polar surface area (TPSA) is 71.4 Å². The molecule has 5 heteroatoms. The minimum absolute atomic E-state index is 0.0224. The summed E-state index contributed by atoms with van der Waals surface area (Å²) < 4.78 is -0.625. The number of hydrogen-bond donors (Lipinski definition) is 1. The van der Waals surface area contributed by atoms with Gasteiger partial charge in [-0.2, -0.15) is 0 Å². The van der Waals surface area contributed by atoms with Gasteiger partial charge in [0.05, 0.1) is 11.4 Å². The number of aliphatic hydroxyl groups is 1. The van der Waals surface area contributed by atoms with Gasteiger partial charge in [-0.25, -0.2) is 0 Å². The summed E-state index contributed by atoms with van der Waals surface area (Å²) in [6, 6.07) is 0. The second-order valence-corrected chi connectivity index (χ2v) is 10.0. The van der Waals surface area contributed by atoms with E-state index in [1.807, 2.05) is 13.2 Å². The second kappa shape index (κ2) is 5.66. The second-order valence-electron chi connectivity index (χ2n) is 8.96. The van der Waals surface area contributed by atoms with Crippen LogP contribution in [-0.2, 0) is 14.4 Å². The predicted molar refractivity (Wildman–Crippen MR) is 96.3 cm³/mol. The third kappa shape index (κ3) is 1.97. The van der Waals surface area contributed by atoms with E-state index in [4.69, 9.17) is 0 Å². The summed E-state index contributed by atoms with van der Waals surface area (Å²) in [5.41, 5.74) is -0.998. The van der Waals surface area contributed by atoms with E-state index in [0.717, 1.165) is 19.3 Å². The lowest BCUT2D eigenvalue weighted by Crippen LogP contribution is -2.70. The van der Waals surface area contributed by atoms with Crippen molar-refractivity contribution < 1.29 is 19.5 Å². The van der Waals surface area contributed by atoms with Crippen LogP contribution in [0.5, 0.6) is 0 Å². The zero-order valence-corrected chi connectivity index (χ0v) is 16.0. The third-order valence-corrected chi connectivity index (χ3v) is 9.94.